The van der Waals surface area contributed by atoms with Crippen molar-refractivity contribution in [1.82, 2.24) is 10.2 Å². The van der Waals surface area contributed by atoms with E-state index in [4.69, 9.17) is 4.74 Å². The van der Waals surface area contributed by atoms with Crippen LogP contribution in [-0.2, 0) is 9.53 Å². The van der Waals surface area contributed by atoms with Gasteiger partial charge in [0.25, 0.3) is 0 Å². The number of carbonyl (C=O) groups excluding carboxylic acids is 1. The molecule has 0 aromatic carbocycles. The van der Waals surface area contributed by atoms with E-state index in [9.17, 15) is 4.79 Å². The highest BCUT2D eigenvalue weighted by Crippen LogP contribution is 2.20. The lowest BCUT2D eigenvalue weighted by Gasteiger charge is -2.23. The van der Waals surface area contributed by atoms with Gasteiger partial charge in [0, 0.05) is 39.8 Å². The smallest absolute Gasteiger partial charge is 0.222 e. The molecule has 17 heavy (non-hydrogen) atoms. The predicted octanol–water partition coefficient (Wildman–Crippen LogP) is 1.29. The molecule has 0 unspecified atom stereocenters. The van der Waals surface area contributed by atoms with Crippen LogP contribution in [-0.4, -0.2) is 51.2 Å². The van der Waals surface area contributed by atoms with Crippen molar-refractivity contribution in [3.05, 3.63) is 0 Å². The van der Waals surface area contributed by atoms with E-state index in [0.29, 0.717) is 12.3 Å². The average Bonchev–Trinajstić information content (AvgIpc) is 2.34. The molecule has 1 saturated heterocycles. The SMILES string of the molecule is CNCCN(C)C(=O)CCC1CCOCC1.Cl. The Morgan fingerprint density at radius 2 is 2.06 bits per heavy atom. The molecular weight excluding hydrogens is 240 g/mol. The van der Waals surface area contributed by atoms with Gasteiger partial charge in [-0.15, -0.1) is 12.4 Å². The van der Waals surface area contributed by atoms with Crippen LogP contribution in [0.15, 0.2) is 0 Å². The maximum atomic E-state index is 11.8. The number of hydrogen-bond donors (Lipinski definition) is 1. The fourth-order valence-electron chi connectivity index (χ4n) is 1.96. The average molecular weight is 265 g/mol. The Kier molecular flexibility index (Phi) is 9.50. The second-order valence-corrected chi connectivity index (χ2v) is 4.51. The number of carbonyl (C=O) groups is 1. The Morgan fingerprint density at radius 1 is 1.41 bits per heavy atom. The van der Waals surface area contributed by atoms with Gasteiger partial charge in [0.15, 0.2) is 0 Å². The molecule has 1 amide bonds. The molecular formula is C12H25ClN2O2. The van der Waals surface area contributed by atoms with Crippen LogP contribution in [0.1, 0.15) is 25.7 Å². The largest absolute Gasteiger partial charge is 0.381 e. The lowest BCUT2D eigenvalue weighted by Crippen LogP contribution is -2.33. The third-order valence-corrected chi connectivity index (χ3v) is 3.23. The Bertz CT molecular complexity index is 209. The quantitative estimate of drug-likeness (QED) is 0.786. The van der Waals surface area contributed by atoms with Gasteiger partial charge in [0.2, 0.25) is 5.91 Å². The van der Waals surface area contributed by atoms with Gasteiger partial charge < -0.3 is 15.0 Å². The highest BCUT2D eigenvalue weighted by Gasteiger charge is 2.16. The Labute approximate surface area is 110 Å². The molecule has 0 radical (unpaired) electrons. The van der Waals surface area contributed by atoms with Crippen LogP contribution in [0.4, 0.5) is 0 Å². The first-order chi connectivity index (χ1) is 7.74. The topological polar surface area (TPSA) is 41.6 Å². The third kappa shape index (κ3) is 6.86. The number of halogens is 1. The summed E-state index contributed by atoms with van der Waals surface area (Å²) in [6, 6.07) is 0. The van der Waals surface area contributed by atoms with Crippen LogP contribution < -0.4 is 5.32 Å². The van der Waals surface area contributed by atoms with Crippen LogP contribution in [0.2, 0.25) is 0 Å². The van der Waals surface area contributed by atoms with E-state index < -0.39 is 0 Å². The summed E-state index contributed by atoms with van der Waals surface area (Å²) in [5, 5.41) is 3.05. The van der Waals surface area contributed by atoms with Crippen LogP contribution in [0.25, 0.3) is 0 Å². The minimum Gasteiger partial charge on any atom is -0.381 e. The maximum absolute atomic E-state index is 11.8. The summed E-state index contributed by atoms with van der Waals surface area (Å²) in [5.74, 6) is 0.956. The summed E-state index contributed by atoms with van der Waals surface area (Å²) in [6.45, 7) is 3.39. The molecule has 0 bridgehead atoms. The van der Waals surface area contributed by atoms with E-state index in [2.05, 4.69) is 5.32 Å². The first-order valence-electron chi connectivity index (χ1n) is 6.20. The van der Waals surface area contributed by atoms with Crippen molar-refractivity contribution in [3.8, 4) is 0 Å². The molecule has 0 saturated carbocycles. The molecule has 1 aliphatic rings. The van der Waals surface area contributed by atoms with Gasteiger partial charge in [-0.05, 0) is 32.2 Å². The number of rotatable bonds is 6. The minimum absolute atomic E-state index is 0. The van der Waals surface area contributed by atoms with Gasteiger partial charge in [-0.1, -0.05) is 0 Å². The van der Waals surface area contributed by atoms with E-state index >= 15 is 0 Å². The number of nitrogens with one attached hydrogen (secondary N) is 1. The van der Waals surface area contributed by atoms with Gasteiger partial charge >= 0.3 is 0 Å². The summed E-state index contributed by atoms with van der Waals surface area (Å²) < 4.78 is 5.30. The number of nitrogens with zero attached hydrogens (tertiary/aromatic N) is 1. The molecule has 1 heterocycles. The van der Waals surface area contributed by atoms with Crippen molar-refractivity contribution in [3.63, 3.8) is 0 Å². The van der Waals surface area contributed by atoms with Crippen LogP contribution in [0.5, 0.6) is 0 Å². The summed E-state index contributed by atoms with van der Waals surface area (Å²) in [5.41, 5.74) is 0. The predicted molar refractivity (Wildman–Crippen MR) is 71.6 cm³/mol. The Balaban J connectivity index is 0.00000256. The lowest BCUT2D eigenvalue weighted by atomic mass is 9.95. The van der Waals surface area contributed by atoms with Crippen molar-refractivity contribution in [2.75, 3.05) is 40.4 Å². The second kappa shape index (κ2) is 9.68. The summed E-state index contributed by atoms with van der Waals surface area (Å²) in [7, 11) is 3.78. The highest BCUT2D eigenvalue weighted by molar-refractivity contribution is 5.85. The molecule has 0 aromatic heterocycles. The minimum atomic E-state index is 0. The zero-order chi connectivity index (χ0) is 11.8. The standard InChI is InChI=1S/C12H24N2O2.ClH/c1-13-7-8-14(2)12(15)4-3-11-5-9-16-10-6-11;/h11,13H,3-10H2,1-2H3;1H. The molecule has 102 valence electrons. The molecule has 1 fully saturated rings. The number of likely N-dealkylation sites (N-methyl/N-ethyl adjacent to an activating group) is 2. The summed E-state index contributed by atoms with van der Waals surface area (Å²) >= 11 is 0. The number of amides is 1. The first-order valence-corrected chi connectivity index (χ1v) is 6.20. The summed E-state index contributed by atoms with van der Waals surface area (Å²) in [4.78, 5) is 13.6. The summed E-state index contributed by atoms with van der Waals surface area (Å²) in [6.07, 6.45) is 3.94. The van der Waals surface area contributed by atoms with E-state index in [1.165, 1.54) is 0 Å². The van der Waals surface area contributed by atoms with Crippen molar-refractivity contribution >= 4 is 18.3 Å². The molecule has 4 nitrogen and oxygen atoms in total. The molecule has 1 N–H and O–H groups in total. The van der Waals surface area contributed by atoms with Gasteiger partial charge in [-0.2, -0.15) is 0 Å². The van der Waals surface area contributed by atoms with Crippen molar-refractivity contribution in [2.45, 2.75) is 25.7 Å². The molecule has 0 aliphatic carbocycles. The zero-order valence-corrected chi connectivity index (χ0v) is 11.7. The van der Waals surface area contributed by atoms with Crippen molar-refractivity contribution in [1.29, 1.82) is 0 Å². The van der Waals surface area contributed by atoms with Gasteiger partial charge in [-0.3, -0.25) is 4.79 Å². The number of hydrogen-bond acceptors (Lipinski definition) is 3. The fourth-order valence-corrected chi connectivity index (χ4v) is 1.96. The normalized spacial score (nSPS) is 16.4. The van der Waals surface area contributed by atoms with E-state index in [1.807, 2.05) is 19.0 Å². The molecule has 5 heteroatoms. The molecule has 0 spiro atoms. The molecule has 1 rings (SSSR count). The molecule has 1 aliphatic heterocycles. The Hall–Kier alpha value is -0.320. The van der Waals surface area contributed by atoms with Crippen LogP contribution >= 0.6 is 12.4 Å². The second-order valence-electron chi connectivity index (χ2n) is 4.51. The van der Waals surface area contributed by atoms with Crippen LogP contribution in [0.3, 0.4) is 0 Å². The first kappa shape index (κ1) is 16.7. The Morgan fingerprint density at radius 3 is 2.65 bits per heavy atom. The van der Waals surface area contributed by atoms with E-state index in [1.54, 1.807) is 0 Å². The third-order valence-electron chi connectivity index (χ3n) is 3.23. The van der Waals surface area contributed by atoms with E-state index in [0.717, 1.165) is 45.6 Å². The van der Waals surface area contributed by atoms with Crippen LogP contribution in [0, 0.1) is 5.92 Å². The molecule has 0 aromatic rings. The molecule has 0 atom stereocenters. The number of ether oxygens (including phenoxy) is 1. The maximum Gasteiger partial charge on any atom is 0.222 e. The lowest BCUT2D eigenvalue weighted by molar-refractivity contribution is -0.130. The van der Waals surface area contributed by atoms with Crippen molar-refractivity contribution in [2.24, 2.45) is 5.92 Å². The highest BCUT2D eigenvalue weighted by atomic mass is 35.5. The van der Waals surface area contributed by atoms with Gasteiger partial charge in [0.05, 0.1) is 0 Å². The zero-order valence-electron chi connectivity index (χ0n) is 10.9. The van der Waals surface area contributed by atoms with Gasteiger partial charge in [0.1, 0.15) is 0 Å². The fraction of sp³-hybridized carbons (Fsp3) is 0.917. The van der Waals surface area contributed by atoms with Crippen molar-refractivity contribution < 1.29 is 9.53 Å². The monoisotopic (exact) mass is 264 g/mol. The van der Waals surface area contributed by atoms with Gasteiger partial charge in [-0.25, -0.2) is 0 Å². The van der Waals surface area contributed by atoms with E-state index in [-0.39, 0.29) is 18.3 Å².